The lowest BCUT2D eigenvalue weighted by Crippen LogP contribution is -2.12. The third-order valence-electron chi connectivity index (χ3n) is 2.84. The molecule has 0 bridgehead atoms. The molecule has 0 spiro atoms. The zero-order valence-corrected chi connectivity index (χ0v) is 11.2. The quantitative estimate of drug-likeness (QED) is 0.801. The van der Waals surface area contributed by atoms with Crippen LogP contribution in [-0.2, 0) is 0 Å². The van der Waals surface area contributed by atoms with E-state index in [-0.39, 0.29) is 0 Å². The molecule has 0 radical (unpaired) electrons. The van der Waals surface area contributed by atoms with E-state index in [9.17, 15) is 0 Å². The van der Waals surface area contributed by atoms with Gasteiger partial charge in [-0.25, -0.2) is 0 Å². The highest BCUT2D eigenvalue weighted by molar-refractivity contribution is 6.32. The molecule has 6 heteroatoms. The minimum Gasteiger partial charge on any atom is -0.337 e. The van der Waals surface area contributed by atoms with Crippen LogP contribution in [0.4, 0.5) is 0 Å². The standard InChI is InChI=1S/C14H11ClN4O/c15-10-7-4-8-17-12(10)13-18-14(20-19-13)11(16)9-5-2-1-3-6-9/h1-8,11H,16H2/t11-/m1/s1. The number of aromatic nitrogens is 3. The summed E-state index contributed by atoms with van der Waals surface area (Å²) in [5.41, 5.74) is 7.47. The van der Waals surface area contributed by atoms with Gasteiger partial charge in [-0.05, 0) is 17.7 Å². The van der Waals surface area contributed by atoms with E-state index in [0.717, 1.165) is 5.56 Å². The van der Waals surface area contributed by atoms with Crippen LogP contribution in [-0.4, -0.2) is 15.1 Å². The van der Waals surface area contributed by atoms with Gasteiger partial charge in [0.05, 0.1) is 5.02 Å². The molecule has 0 unspecified atom stereocenters. The molecule has 0 fully saturated rings. The van der Waals surface area contributed by atoms with Crippen molar-refractivity contribution in [2.75, 3.05) is 0 Å². The van der Waals surface area contributed by atoms with E-state index in [1.165, 1.54) is 0 Å². The van der Waals surface area contributed by atoms with Crippen LogP contribution in [0, 0.1) is 0 Å². The number of nitrogens with zero attached hydrogens (tertiary/aromatic N) is 3. The predicted octanol–water partition coefficient (Wildman–Crippen LogP) is 2.83. The molecule has 2 heterocycles. The number of halogens is 1. The number of hydrogen-bond donors (Lipinski definition) is 1. The Hall–Kier alpha value is -2.24. The highest BCUT2D eigenvalue weighted by Crippen LogP contribution is 2.25. The summed E-state index contributed by atoms with van der Waals surface area (Å²) in [5, 5.41) is 4.35. The molecule has 2 aromatic heterocycles. The van der Waals surface area contributed by atoms with E-state index in [4.69, 9.17) is 21.9 Å². The first-order valence-electron chi connectivity index (χ1n) is 6.01. The fourth-order valence-electron chi connectivity index (χ4n) is 1.81. The smallest absolute Gasteiger partial charge is 0.248 e. The predicted molar refractivity (Wildman–Crippen MR) is 75.0 cm³/mol. The zero-order valence-electron chi connectivity index (χ0n) is 10.4. The van der Waals surface area contributed by atoms with E-state index in [1.807, 2.05) is 30.3 Å². The second kappa shape index (κ2) is 5.40. The van der Waals surface area contributed by atoms with Gasteiger partial charge in [0.1, 0.15) is 11.7 Å². The summed E-state index contributed by atoms with van der Waals surface area (Å²) in [7, 11) is 0. The molecule has 5 nitrogen and oxygen atoms in total. The molecule has 1 atom stereocenters. The van der Waals surface area contributed by atoms with Crippen LogP contribution < -0.4 is 5.73 Å². The molecule has 20 heavy (non-hydrogen) atoms. The molecule has 0 saturated carbocycles. The molecule has 3 aromatic rings. The lowest BCUT2D eigenvalue weighted by atomic mass is 10.1. The first-order valence-corrected chi connectivity index (χ1v) is 6.38. The highest BCUT2D eigenvalue weighted by atomic mass is 35.5. The van der Waals surface area contributed by atoms with Gasteiger partial charge in [-0.3, -0.25) is 4.98 Å². The minimum absolute atomic E-state index is 0.327. The van der Waals surface area contributed by atoms with Crippen LogP contribution in [0.15, 0.2) is 53.2 Å². The Kier molecular flexibility index (Phi) is 3.45. The monoisotopic (exact) mass is 286 g/mol. The van der Waals surface area contributed by atoms with Gasteiger partial charge in [0.25, 0.3) is 0 Å². The molecule has 0 aliphatic heterocycles. The topological polar surface area (TPSA) is 77.8 Å². The Morgan fingerprint density at radius 3 is 2.65 bits per heavy atom. The van der Waals surface area contributed by atoms with E-state index in [0.29, 0.717) is 22.4 Å². The van der Waals surface area contributed by atoms with Gasteiger partial charge in [-0.15, -0.1) is 0 Å². The fourth-order valence-corrected chi connectivity index (χ4v) is 2.02. The number of nitrogens with two attached hydrogens (primary N) is 1. The average molecular weight is 287 g/mol. The molecule has 0 aliphatic rings. The van der Waals surface area contributed by atoms with Gasteiger partial charge in [-0.1, -0.05) is 47.1 Å². The first-order chi connectivity index (χ1) is 9.75. The molecule has 2 N–H and O–H groups in total. The maximum atomic E-state index is 6.10. The first kappa shape index (κ1) is 12.8. The van der Waals surface area contributed by atoms with Crippen molar-refractivity contribution in [2.24, 2.45) is 5.73 Å². The molecular formula is C14H11ClN4O. The minimum atomic E-state index is -0.472. The van der Waals surface area contributed by atoms with Gasteiger partial charge >= 0.3 is 0 Å². The number of hydrogen-bond acceptors (Lipinski definition) is 5. The lowest BCUT2D eigenvalue weighted by Gasteiger charge is -2.05. The SMILES string of the molecule is N[C@H](c1ccccc1)c1nc(-c2ncccc2Cl)no1. The van der Waals surface area contributed by atoms with Crippen molar-refractivity contribution < 1.29 is 4.52 Å². The third kappa shape index (κ3) is 2.41. The Morgan fingerprint density at radius 2 is 1.90 bits per heavy atom. The summed E-state index contributed by atoms with van der Waals surface area (Å²) in [6, 6.07) is 12.5. The van der Waals surface area contributed by atoms with Crippen molar-refractivity contribution in [1.29, 1.82) is 0 Å². The number of pyridine rings is 1. The van der Waals surface area contributed by atoms with Crippen LogP contribution in [0.3, 0.4) is 0 Å². The van der Waals surface area contributed by atoms with Crippen molar-refractivity contribution in [2.45, 2.75) is 6.04 Å². The second-order valence-corrected chi connectivity index (χ2v) is 4.59. The van der Waals surface area contributed by atoms with Gasteiger partial charge in [0, 0.05) is 6.20 Å². The Morgan fingerprint density at radius 1 is 1.10 bits per heavy atom. The number of benzene rings is 1. The Bertz CT molecular complexity index is 714. The van der Waals surface area contributed by atoms with Crippen molar-refractivity contribution in [1.82, 2.24) is 15.1 Å². The van der Waals surface area contributed by atoms with Crippen LogP contribution in [0.5, 0.6) is 0 Å². The summed E-state index contributed by atoms with van der Waals surface area (Å²) in [6.07, 6.45) is 1.62. The summed E-state index contributed by atoms with van der Waals surface area (Å²) in [4.78, 5) is 8.40. The summed E-state index contributed by atoms with van der Waals surface area (Å²) >= 11 is 6.05. The normalized spacial score (nSPS) is 12.3. The van der Waals surface area contributed by atoms with Crippen LogP contribution >= 0.6 is 11.6 Å². The van der Waals surface area contributed by atoms with Crippen molar-refractivity contribution >= 4 is 11.6 Å². The molecule has 0 saturated heterocycles. The molecule has 0 amide bonds. The van der Waals surface area contributed by atoms with Gasteiger partial charge in [0.2, 0.25) is 11.7 Å². The van der Waals surface area contributed by atoms with Crippen LogP contribution in [0.1, 0.15) is 17.5 Å². The Labute approximate surface area is 120 Å². The van der Waals surface area contributed by atoms with E-state index in [2.05, 4.69) is 15.1 Å². The molecule has 3 rings (SSSR count). The van der Waals surface area contributed by atoms with Gasteiger partial charge in [0.15, 0.2) is 0 Å². The van der Waals surface area contributed by atoms with E-state index in [1.54, 1.807) is 18.3 Å². The zero-order chi connectivity index (χ0) is 13.9. The fraction of sp³-hybridized carbons (Fsp3) is 0.0714. The van der Waals surface area contributed by atoms with Crippen molar-refractivity contribution in [3.63, 3.8) is 0 Å². The second-order valence-electron chi connectivity index (χ2n) is 4.18. The summed E-state index contributed by atoms with van der Waals surface area (Å²) in [5.74, 6) is 0.657. The average Bonchev–Trinajstić information content (AvgIpc) is 2.97. The summed E-state index contributed by atoms with van der Waals surface area (Å²) in [6.45, 7) is 0. The molecule has 0 aliphatic carbocycles. The maximum absolute atomic E-state index is 6.10. The largest absolute Gasteiger partial charge is 0.337 e. The van der Waals surface area contributed by atoms with Gasteiger partial charge in [-0.2, -0.15) is 4.98 Å². The Balaban J connectivity index is 1.93. The van der Waals surface area contributed by atoms with Crippen LogP contribution in [0.2, 0.25) is 5.02 Å². The van der Waals surface area contributed by atoms with Crippen LogP contribution in [0.25, 0.3) is 11.5 Å². The van der Waals surface area contributed by atoms with Crippen molar-refractivity contribution in [3.8, 4) is 11.5 Å². The van der Waals surface area contributed by atoms with E-state index < -0.39 is 6.04 Å². The maximum Gasteiger partial charge on any atom is 0.248 e. The number of rotatable bonds is 3. The third-order valence-corrected chi connectivity index (χ3v) is 3.14. The lowest BCUT2D eigenvalue weighted by molar-refractivity contribution is 0.367. The molecular weight excluding hydrogens is 276 g/mol. The van der Waals surface area contributed by atoms with Crippen molar-refractivity contribution in [3.05, 3.63) is 65.1 Å². The molecule has 100 valence electrons. The van der Waals surface area contributed by atoms with E-state index >= 15 is 0 Å². The highest BCUT2D eigenvalue weighted by Gasteiger charge is 2.18. The molecule has 1 aromatic carbocycles. The van der Waals surface area contributed by atoms with Gasteiger partial charge < -0.3 is 10.3 Å². The summed E-state index contributed by atoms with van der Waals surface area (Å²) < 4.78 is 5.21.